The fourth-order valence-electron chi connectivity index (χ4n) is 3.96. The maximum atomic E-state index is 12.0. The van der Waals surface area contributed by atoms with Gasteiger partial charge in [0.25, 0.3) is 6.29 Å². The highest BCUT2D eigenvalue weighted by Crippen LogP contribution is 2.37. The molecule has 0 bridgehead atoms. The van der Waals surface area contributed by atoms with Crippen LogP contribution in [0.2, 0.25) is 0 Å². The molecule has 2 aromatic heterocycles. The van der Waals surface area contributed by atoms with Crippen LogP contribution in [0.15, 0.2) is 48.9 Å². The summed E-state index contributed by atoms with van der Waals surface area (Å²) in [6.07, 6.45) is 2.20. The lowest BCUT2D eigenvalue weighted by Crippen LogP contribution is -2.18. The number of nitrogens with zero attached hydrogens (tertiary/aromatic N) is 3. The molecule has 0 amide bonds. The molecule has 1 atom stereocenters. The number of ether oxygens (including phenoxy) is 3. The normalized spacial score (nSPS) is 14.0. The maximum Gasteiger partial charge on any atom is 0.311 e. The molecule has 1 aliphatic rings. The summed E-state index contributed by atoms with van der Waals surface area (Å²) in [5.41, 5.74) is 3.63. The molecule has 0 aliphatic carbocycles. The zero-order chi connectivity index (χ0) is 24.9. The first-order chi connectivity index (χ1) is 16.9. The van der Waals surface area contributed by atoms with E-state index >= 15 is 0 Å². The minimum atomic E-state index is -0.734. The summed E-state index contributed by atoms with van der Waals surface area (Å²) < 4.78 is 16.0. The average molecular weight is 495 g/mol. The number of aryl methyl sites for hydroxylation is 1. The number of carbonyl (C=O) groups is 1. The van der Waals surface area contributed by atoms with Crippen molar-refractivity contribution in [2.45, 2.75) is 39.1 Å². The first-order valence-electron chi connectivity index (χ1n) is 11.3. The Labute approximate surface area is 209 Å². The SMILES string of the molecule is COC(=O)Cc1nc(C)nc(N[C@H](C)c2ccc(-c3ccccc3CN(C)C)s2)c1C1OC=CO1. The second-order valence-corrected chi connectivity index (χ2v) is 9.69. The number of rotatable bonds is 9. The number of esters is 1. The van der Waals surface area contributed by atoms with Crippen molar-refractivity contribution < 1.29 is 19.0 Å². The largest absolute Gasteiger partial charge is 0.469 e. The number of thiophene rings is 1. The van der Waals surface area contributed by atoms with Crippen LogP contribution < -0.4 is 5.32 Å². The minimum absolute atomic E-state index is 0.00666. The van der Waals surface area contributed by atoms with Crippen molar-refractivity contribution in [2.24, 2.45) is 0 Å². The van der Waals surface area contributed by atoms with Crippen LogP contribution in [0, 0.1) is 6.92 Å². The summed E-state index contributed by atoms with van der Waals surface area (Å²) in [5.74, 6) is 0.715. The number of carbonyl (C=O) groups excluding carboxylic acids is 1. The van der Waals surface area contributed by atoms with Crippen molar-refractivity contribution in [2.75, 3.05) is 26.5 Å². The van der Waals surface area contributed by atoms with Gasteiger partial charge in [-0.05, 0) is 51.2 Å². The molecule has 3 heterocycles. The Hall–Kier alpha value is -3.43. The number of hydrogen-bond acceptors (Lipinski definition) is 9. The maximum absolute atomic E-state index is 12.0. The van der Waals surface area contributed by atoms with E-state index in [0.29, 0.717) is 22.9 Å². The second-order valence-electron chi connectivity index (χ2n) is 8.57. The zero-order valence-electron chi connectivity index (χ0n) is 20.6. The van der Waals surface area contributed by atoms with Crippen LogP contribution in [-0.2, 0) is 32.0 Å². The van der Waals surface area contributed by atoms with Crippen molar-refractivity contribution in [1.29, 1.82) is 0 Å². The summed E-state index contributed by atoms with van der Waals surface area (Å²) >= 11 is 1.74. The lowest BCUT2D eigenvalue weighted by atomic mass is 10.1. The number of benzene rings is 1. The Morgan fingerprint density at radius 1 is 1.17 bits per heavy atom. The molecule has 0 radical (unpaired) electrons. The first kappa shape index (κ1) is 24.7. The van der Waals surface area contributed by atoms with E-state index in [1.54, 1.807) is 18.3 Å². The van der Waals surface area contributed by atoms with E-state index in [9.17, 15) is 4.79 Å². The molecule has 0 saturated heterocycles. The van der Waals surface area contributed by atoms with E-state index in [4.69, 9.17) is 14.2 Å². The van der Waals surface area contributed by atoms with Crippen molar-refractivity contribution in [3.05, 3.63) is 76.4 Å². The molecule has 9 heteroatoms. The number of nitrogens with one attached hydrogen (secondary N) is 1. The molecule has 3 aromatic rings. The van der Waals surface area contributed by atoms with Gasteiger partial charge in [0.1, 0.15) is 24.2 Å². The fourth-order valence-corrected chi connectivity index (χ4v) is 5.03. The number of aromatic nitrogens is 2. The molecule has 8 nitrogen and oxygen atoms in total. The highest BCUT2D eigenvalue weighted by Gasteiger charge is 2.28. The van der Waals surface area contributed by atoms with E-state index in [1.165, 1.54) is 35.6 Å². The summed E-state index contributed by atoms with van der Waals surface area (Å²) in [4.78, 5) is 25.7. The Morgan fingerprint density at radius 2 is 1.91 bits per heavy atom. The van der Waals surface area contributed by atoms with Crippen LogP contribution >= 0.6 is 11.3 Å². The van der Waals surface area contributed by atoms with E-state index in [-0.39, 0.29) is 12.5 Å². The average Bonchev–Trinajstić information content (AvgIpc) is 3.51. The molecule has 0 spiro atoms. The molecule has 0 unspecified atom stereocenters. The van der Waals surface area contributed by atoms with Gasteiger partial charge in [0.2, 0.25) is 0 Å². The number of methoxy groups -OCH3 is 1. The van der Waals surface area contributed by atoms with Gasteiger partial charge in [-0.1, -0.05) is 24.3 Å². The topological polar surface area (TPSA) is 85.8 Å². The van der Waals surface area contributed by atoms with Crippen LogP contribution in [0.4, 0.5) is 5.82 Å². The number of hydrogen-bond donors (Lipinski definition) is 1. The molecule has 4 rings (SSSR count). The van der Waals surface area contributed by atoms with Gasteiger partial charge in [0, 0.05) is 16.3 Å². The Kier molecular flexibility index (Phi) is 7.67. The molecule has 0 fully saturated rings. The summed E-state index contributed by atoms with van der Waals surface area (Å²) in [6, 6.07) is 12.7. The molecular weight excluding hydrogens is 464 g/mol. The molecule has 1 aromatic carbocycles. The zero-order valence-corrected chi connectivity index (χ0v) is 21.4. The monoisotopic (exact) mass is 494 g/mol. The van der Waals surface area contributed by atoms with Gasteiger partial charge in [-0.3, -0.25) is 4.79 Å². The predicted molar refractivity (Wildman–Crippen MR) is 136 cm³/mol. The first-order valence-corrected chi connectivity index (χ1v) is 12.2. The summed E-state index contributed by atoms with van der Waals surface area (Å²) in [6.45, 7) is 4.75. The minimum Gasteiger partial charge on any atom is -0.469 e. The summed E-state index contributed by atoms with van der Waals surface area (Å²) in [7, 11) is 5.50. The standard InChI is InChI=1S/C26H30N4O4S/c1-16(21-10-11-22(35-21)19-9-7-6-8-18(19)15-30(3)4)27-25-24(26-33-12-13-34-26)20(14-23(31)32-5)28-17(2)29-25/h6-13,16,26H,14-15H2,1-5H3,(H,27,28,29)/t16-/m1/s1. The lowest BCUT2D eigenvalue weighted by Gasteiger charge is -2.21. The van der Waals surface area contributed by atoms with Crippen molar-refractivity contribution in [3.8, 4) is 10.4 Å². The number of anilines is 1. The molecule has 1 aliphatic heterocycles. The van der Waals surface area contributed by atoms with E-state index in [0.717, 1.165) is 11.4 Å². The third kappa shape index (κ3) is 5.80. The van der Waals surface area contributed by atoms with Gasteiger partial charge in [-0.25, -0.2) is 9.97 Å². The smallest absolute Gasteiger partial charge is 0.311 e. The molecule has 184 valence electrons. The quantitative estimate of drug-likeness (QED) is 0.417. The van der Waals surface area contributed by atoms with Crippen molar-refractivity contribution >= 4 is 23.1 Å². The lowest BCUT2D eigenvalue weighted by molar-refractivity contribution is -0.139. The van der Waals surface area contributed by atoms with Crippen LogP contribution in [0.1, 0.15) is 46.8 Å². The van der Waals surface area contributed by atoms with Gasteiger partial charge < -0.3 is 24.4 Å². The summed E-state index contributed by atoms with van der Waals surface area (Å²) in [5, 5.41) is 3.50. The Bertz CT molecular complexity index is 1220. The van der Waals surface area contributed by atoms with Gasteiger partial charge in [-0.15, -0.1) is 11.3 Å². The van der Waals surface area contributed by atoms with Crippen molar-refractivity contribution in [1.82, 2.24) is 14.9 Å². The van der Waals surface area contributed by atoms with Crippen LogP contribution in [0.3, 0.4) is 0 Å². The fraction of sp³-hybridized carbons (Fsp3) is 0.346. The third-order valence-corrected chi connectivity index (χ3v) is 6.85. The van der Waals surface area contributed by atoms with E-state index < -0.39 is 12.3 Å². The molecule has 35 heavy (non-hydrogen) atoms. The van der Waals surface area contributed by atoms with E-state index in [1.807, 2.05) is 0 Å². The Morgan fingerprint density at radius 3 is 2.63 bits per heavy atom. The van der Waals surface area contributed by atoms with Crippen LogP contribution in [0.25, 0.3) is 10.4 Å². The molecule has 1 N–H and O–H groups in total. The van der Waals surface area contributed by atoms with Gasteiger partial charge >= 0.3 is 5.97 Å². The van der Waals surface area contributed by atoms with Crippen LogP contribution in [-0.4, -0.2) is 42.0 Å². The highest BCUT2D eigenvalue weighted by atomic mass is 32.1. The van der Waals surface area contributed by atoms with E-state index in [2.05, 4.69) is 77.6 Å². The van der Waals surface area contributed by atoms with Gasteiger partial charge in [0.15, 0.2) is 0 Å². The molecular formula is C26H30N4O4S. The van der Waals surface area contributed by atoms with Crippen molar-refractivity contribution in [3.63, 3.8) is 0 Å². The highest BCUT2D eigenvalue weighted by molar-refractivity contribution is 7.15. The molecule has 0 saturated carbocycles. The van der Waals surface area contributed by atoms with Gasteiger partial charge in [-0.2, -0.15) is 0 Å². The van der Waals surface area contributed by atoms with Crippen LogP contribution in [0.5, 0.6) is 0 Å². The van der Waals surface area contributed by atoms with Gasteiger partial charge in [0.05, 0.1) is 30.8 Å². The second kappa shape index (κ2) is 10.9. The predicted octanol–water partition coefficient (Wildman–Crippen LogP) is 4.98. The third-order valence-electron chi connectivity index (χ3n) is 5.55. The Balaban J connectivity index is 1.63.